The summed E-state index contributed by atoms with van der Waals surface area (Å²) in [6.45, 7) is 4.28. The maximum absolute atomic E-state index is 12.4. The molecule has 23 heavy (non-hydrogen) atoms. The number of rotatable bonds is 3. The van der Waals surface area contributed by atoms with Crippen LogP contribution in [-0.4, -0.2) is 29.2 Å². The van der Waals surface area contributed by atoms with Gasteiger partial charge in [0, 0.05) is 18.7 Å². The first kappa shape index (κ1) is 15.6. The van der Waals surface area contributed by atoms with Crippen molar-refractivity contribution in [2.75, 3.05) is 7.05 Å². The summed E-state index contributed by atoms with van der Waals surface area (Å²) >= 11 is 0. The van der Waals surface area contributed by atoms with Gasteiger partial charge in [-0.25, -0.2) is 4.79 Å². The monoisotopic (exact) mass is 313 g/mol. The van der Waals surface area contributed by atoms with E-state index in [0.29, 0.717) is 6.54 Å². The third kappa shape index (κ3) is 3.38. The van der Waals surface area contributed by atoms with Crippen LogP contribution >= 0.6 is 0 Å². The first-order valence-corrected chi connectivity index (χ1v) is 8.04. The second-order valence-electron chi connectivity index (χ2n) is 6.32. The Bertz CT molecular complexity index is 689. The highest BCUT2D eigenvalue weighted by atomic mass is 16.5. The zero-order valence-corrected chi connectivity index (χ0v) is 13.9. The normalized spacial score (nSPS) is 16.7. The van der Waals surface area contributed by atoms with Crippen LogP contribution in [0.1, 0.15) is 34.6 Å². The van der Waals surface area contributed by atoms with Gasteiger partial charge < -0.3 is 14.7 Å². The number of carbonyl (C=O) groups is 1. The summed E-state index contributed by atoms with van der Waals surface area (Å²) in [5.74, 6) is 0.772. The lowest BCUT2D eigenvalue weighted by Gasteiger charge is -2.27. The molecule has 0 fully saturated rings. The van der Waals surface area contributed by atoms with Gasteiger partial charge in [-0.05, 0) is 44.2 Å². The molecule has 5 heteroatoms. The number of hydrogen-bond donors (Lipinski definition) is 1. The van der Waals surface area contributed by atoms with Crippen LogP contribution in [0.5, 0.6) is 0 Å². The van der Waals surface area contributed by atoms with Crippen LogP contribution < -0.4 is 5.32 Å². The van der Waals surface area contributed by atoms with E-state index >= 15 is 0 Å². The minimum atomic E-state index is -0.0469. The first-order chi connectivity index (χ1) is 11.0. The Morgan fingerprint density at radius 2 is 2.09 bits per heavy atom. The molecule has 0 spiro atoms. The van der Waals surface area contributed by atoms with E-state index in [-0.39, 0.29) is 12.1 Å². The summed E-state index contributed by atoms with van der Waals surface area (Å²) in [5.41, 5.74) is 4.57. The molecule has 1 aliphatic rings. The van der Waals surface area contributed by atoms with Gasteiger partial charge in [-0.2, -0.15) is 0 Å². The summed E-state index contributed by atoms with van der Waals surface area (Å²) in [6, 6.07) is 8.62. The van der Waals surface area contributed by atoms with Crippen molar-refractivity contribution in [2.45, 2.75) is 45.7 Å². The molecular weight excluding hydrogens is 290 g/mol. The van der Waals surface area contributed by atoms with Gasteiger partial charge in [0.2, 0.25) is 0 Å². The molecule has 122 valence electrons. The van der Waals surface area contributed by atoms with E-state index in [1.165, 1.54) is 11.1 Å². The van der Waals surface area contributed by atoms with Crippen molar-refractivity contribution >= 4 is 6.03 Å². The molecule has 1 heterocycles. The third-order valence-corrected chi connectivity index (χ3v) is 4.60. The molecule has 1 aromatic heterocycles. The van der Waals surface area contributed by atoms with Crippen LogP contribution in [0.2, 0.25) is 0 Å². The number of fused-ring (bicyclic) bond motifs is 1. The summed E-state index contributed by atoms with van der Waals surface area (Å²) in [4.78, 5) is 14.1. The van der Waals surface area contributed by atoms with E-state index in [1.807, 2.05) is 13.8 Å². The Kier molecular flexibility index (Phi) is 4.37. The minimum Gasteiger partial charge on any atom is -0.361 e. The maximum Gasteiger partial charge on any atom is 0.317 e. The summed E-state index contributed by atoms with van der Waals surface area (Å²) in [5, 5.41) is 7.08. The van der Waals surface area contributed by atoms with Gasteiger partial charge in [0.05, 0.1) is 12.2 Å². The van der Waals surface area contributed by atoms with E-state index < -0.39 is 0 Å². The van der Waals surface area contributed by atoms with Crippen molar-refractivity contribution in [1.29, 1.82) is 0 Å². The van der Waals surface area contributed by atoms with Crippen LogP contribution in [0.3, 0.4) is 0 Å². The van der Waals surface area contributed by atoms with Gasteiger partial charge in [-0.1, -0.05) is 29.4 Å². The first-order valence-electron chi connectivity index (χ1n) is 8.04. The van der Waals surface area contributed by atoms with E-state index in [2.05, 4.69) is 34.7 Å². The maximum atomic E-state index is 12.4. The van der Waals surface area contributed by atoms with Gasteiger partial charge in [0.1, 0.15) is 5.76 Å². The Morgan fingerprint density at radius 1 is 1.35 bits per heavy atom. The number of hydrogen-bond acceptors (Lipinski definition) is 3. The summed E-state index contributed by atoms with van der Waals surface area (Å²) in [7, 11) is 1.80. The lowest BCUT2D eigenvalue weighted by atomic mass is 9.88. The Labute approximate surface area is 136 Å². The number of carbonyl (C=O) groups excluding carboxylic acids is 1. The Morgan fingerprint density at radius 3 is 2.78 bits per heavy atom. The fourth-order valence-corrected chi connectivity index (χ4v) is 3.14. The molecule has 3 rings (SSSR count). The van der Waals surface area contributed by atoms with Crippen LogP contribution in [0, 0.1) is 13.8 Å². The molecule has 2 aromatic rings. The molecule has 1 aromatic carbocycles. The zero-order valence-electron chi connectivity index (χ0n) is 13.9. The molecule has 5 nitrogen and oxygen atoms in total. The lowest BCUT2D eigenvalue weighted by Crippen LogP contribution is -2.45. The number of amides is 2. The zero-order chi connectivity index (χ0) is 16.4. The number of urea groups is 1. The average Bonchev–Trinajstić information content (AvgIpc) is 2.86. The second kappa shape index (κ2) is 6.44. The topological polar surface area (TPSA) is 58.4 Å². The third-order valence-electron chi connectivity index (χ3n) is 4.60. The largest absolute Gasteiger partial charge is 0.361 e. The van der Waals surface area contributed by atoms with Crippen molar-refractivity contribution in [3.63, 3.8) is 0 Å². The Balaban J connectivity index is 1.59. The second-order valence-corrected chi connectivity index (χ2v) is 6.32. The molecule has 0 saturated heterocycles. The number of nitrogens with one attached hydrogen (secondary N) is 1. The van der Waals surface area contributed by atoms with Crippen molar-refractivity contribution in [1.82, 2.24) is 15.4 Å². The van der Waals surface area contributed by atoms with Crippen molar-refractivity contribution < 1.29 is 9.32 Å². The quantitative estimate of drug-likeness (QED) is 0.947. The molecule has 2 amide bonds. The lowest BCUT2D eigenvalue weighted by molar-refractivity contribution is 0.201. The highest BCUT2D eigenvalue weighted by Crippen LogP contribution is 2.21. The number of nitrogens with zero attached hydrogens (tertiary/aromatic N) is 2. The van der Waals surface area contributed by atoms with Gasteiger partial charge in [-0.3, -0.25) is 0 Å². The van der Waals surface area contributed by atoms with Crippen LogP contribution in [-0.2, 0) is 19.4 Å². The predicted molar refractivity (Wildman–Crippen MR) is 88.2 cm³/mol. The molecule has 0 radical (unpaired) electrons. The number of aryl methyl sites for hydroxylation is 3. The standard InChI is InChI=1S/C18H23N3O2/c1-12-17(13(2)23-20-12)11-21(3)18(22)19-16-9-8-14-6-4-5-7-15(14)10-16/h4-7,16H,8-11H2,1-3H3,(H,19,22)/t16-/m1/s1. The van der Waals surface area contributed by atoms with Crippen molar-refractivity contribution in [3.05, 3.63) is 52.4 Å². The van der Waals surface area contributed by atoms with E-state index in [1.54, 1.807) is 11.9 Å². The number of aromatic nitrogens is 1. The van der Waals surface area contributed by atoms with Crippen molar-refractivity contribution in [2.24, 2.45) is 0 Å². The highest BCUT2D eigenvalue weighted by Gasteiger charge is 2.22. The van der Waals surface area contributed by atoms with Crippen molar-refractivity contribution in [3.8, 4) is 0 Å². The molecule has 0 unspecified atom stereocenters. The summed E-state index contributed by atoms with van der Waals surface area (Å²) < 4.78 is 5.16. The molecular formula is C18H23N3O2. The highest BCUT2D eigenvalue weighted by molar-refractivity contribution is 5.74. The van der Waals surface area contributed by atoms with E-state index in [4.69, 9.17) is 4.52 Å². The SMILES string of the molecule is Cc1noc(C)c1CN(C)C(=O)N[C@@H]1CCc2ccccc2C1. The van der Waals surface area contributed by atoms with E-state index in [9.17, 15) is 4.79 Å². The van der Waals surface area contributed by atoms with Crippen LogP contribution in [0.15, 0.2) is 28.8 Å². The van der Waals surface area contributed by atoms with Gasteiger partial charge in [0.25, 0.3) is 0 Å². The summed E-state index contributed by atoms with van der Waals surface area (Å²) in [6.07, 6.45) is 2.91. The van der Waals surface area contributed by atoms with E-state index in [0.717, 1.165) is 36.3 Å². The molecule has 0 aliphatic heterocycles. The molecule has 1 atom stereocenters. The molecule has 1 aliphatic carbocycles. The van der Waals surface area contributed by atoms with Gasteiger partial charge in [-0.15, -0.1) is 0 Å². The van der Waals surface area contributed by atoms with Crippen LogP contribution in [0.4, 0.5) is 4.79 Å². The number of benzene rings is 1. The minimum absolute atomic E-state index is 0.0469. The molecule has 0 saturated carbocycles. The van der Waals surface area contributed by atoms with Gasteiger partial charge in [0.15, 0.2) is 0 Å². The average molecular weight is 313 g/mol. The van der Waals surface area contributed by atoms with Crippen LogP contribution in [0.25, 0.3) is 0 Å². The molecule has 0 bridgehead atoms. The smallest absolute Gasteiger partial charge is 0.317 e. The van der Waals surface area contributed by atoms with Gasteiger partial charge >= 0.3 is 6.03 Å². The predicted octanol–water partition coefficient (Wildman–Crippen LogP) is 2.99. The Hall–Kier alpha value is -2.30. The molecule has 1 N–H and O–H groups in total. The fraction of sp³-hybridized carbons (Fsp3) is 0.444. The fourth-order valence-electron chi connectivity index (χ4n) is 3.14.